The number of ether oxygens (including phenoxy) is 1. The summed E-state index contributed by atoms with van der Waals surface area (Å²) in [5, 5.41) is 15.3. The largest absolute Gasteiger partial charge is 0.494 e. The lowest BCUT2D eigenvalue weighted by molar-refractivity contribution is -0.384. The van der Waals surface area contributed by atoms with E-state index in [0.29, 0.717) is 36.2 Å². The van der Waals surface area contributed by atoms with Gasteiger partial charge in [-0.3, -0.25) is 10.1 Å². The average Bonchev–Trinajstić information content (AvgIpc) is 3.21. The van der Waals surface area contributed by atoms with Gasteiger partial charge in [-0.15, -0.1) is 0 Å². The number of fused-ring (bicyclic) bond motifs is 1. The number of benzene rings is 1. The number of rotatable bonds is 10. The summed E-state index contributed by atoms with van der Waals surface area (Å²) in [5.41, 5.74) is 4.28. The third-order valence-electron chi connectivity index (χ3n) is 7.32. The molecule has 0 amide bonds. The maximum atomic E-state index is 12.1. The molecule has 3 heterocycles. The number of hydrogen-bond acceptors (Lipinski definition) is 10. The predicted molar refractivity (Wildman–Crippen MR) is 168 cm³/mol. The van der Waals surface area contributed by atoms with E-state index in [1.165, 1.54) is 13.2 Å². The van der Waals surface area contributed by atoms with Crippen molar-refractivity contribution in [1.29, 1.82) is 0 Å². The van der Waals surface area contributed by atoms with Gasteiger partial charge >= 0.3 is 0 Å². The normalized spacial score (nSPS) is 13.5. The van der Waals surface area contributed by atoms with Gasteiger partial charge < -0.3 is 24.8 Å². The number of nitro benzene ring substituents is 1. The lowest BCUT2D eigenvalue weighted by Crippen LogP contribution is -2.29. The standard InChI is InChI=1S/C31H40N8O3/c1-10-11-21-12-13-24-28(33-21)31(4,5)19-38(24)29-22(20(2)3)18-32-30(35-29)34-23-16-26(39(40)41)25(17-27(23)42-9)37(8)15-14-36(6)7/h12-13,16-18,20H,14-15,19H2,1-9H3,(H,32,34,35). The molecule has 1 aliphatic rings. The van der Waals surface area contributed by atoms with Gasteiger partial charge in [0.25, 0.3) is 5.69 Å². The molecule has 0 aliphatic carbocycles. The maximum absolute atomic E-state index is 12.1. The summed E-state index contributed by atoms with van der Waals surface area (Å²) in [4.78, 5) is 32.2. The minimum Gasteiger partial charge on any atom is -0.494 e. The van der Waals surface area contributed by atoms with E-state index in [9.17, 15) is 10.1 Å². The average molecular weight is 573 g/mol. The number of anilines is 5. The molecule has 0 radical (unpaired) electrons. The number of aromatic nitrogens is 3. The van der Waals surface area contributed by atoms with Gasteiger partial charge in [-0.2, -0.15) is 4.98 Å². The van der Waals surface area contributed by atoms with E-state index < -0.39 is 0 Å². The third-order valence-corrected chi connectivity index (χ3v) is 7.32. The Labute approximate surface area is 248 Å². The van der Waals surface area contributed by atoms with Crippen molar-refractivity contribution in [3.63, 3.8) is 0 Å². The summed E-state index contributed by atoms with van der Waals surface area (Å²) >= 11 is 0. The van der Waals surface area contributed by atoms with Crippen LogP contribution in [0.2, 0.25) is 0 Å². The van der Waals surface area contributed by atoms with Gasteiger partial charge in [0.1, 0.15) is 22.9 Å². The van der Waals surface area contributed by atoms with Crippen molar-refractivity contribution in [3.8, 4) is 17.6 Å². The molecule has 11 heteroatoms. The molecule has 1 aliphatic heterocycles. The highest BCUT2D eigenvalue weighted by atomic mass is 16.6. The van der Waals surface area contributed by atoms with Gasteiger partial charge in [0, 0.05) is 56.0 Å². The Balaban J connectivity index is 1.76. The van der Waals surface area contributed by atoms with Gasteiger partial charge in [0.15, 0.2) is 0 Å². The first-order valence-electron chi connectivity index (χ1n) is 13.9. The summed E-state index contributed by atoms with van der Waals surface area (Å²) in [7, 11) is 7.30. The van der Waals surface area contributed by atoms with Crippen molar-refractivity contribution in [2.24, 2.45) is 0 Å². The maximum Gasteiger partial charge on any atom is 0.294 e. The van der Waals surface area contributed by atoms with Gasteiger partial charge in [0.2, 0.25) is 5.95 Å². The van der Waals surface area contributed by atoms with Crippen molar-refractivity contribution >= 4 is 34.5 Å². The zero-order valence-electron chi connectivity index (χ0n) is 25.9. The van der Waals surface area contributed by atoms with Crippen molar-refractivity contribution in [2.75, 3.05) is 63.0 Å². The lowest BCUT2D eigenvalue weighted by atomic mass is 9.91. The molecule has 1 N–H and O–H groups in total. The van der Waals surface area contributed by atoms with Crippen LogP contribution >= 0.6 is 0 Å². The SMILES string of the molecule is CC#Cc1ccc2c(n1)C(C)(C)CN2c1nc(Nc2cc([N+](=O)[O-])c(N(C)CCN(C)C)cc2OC)ncc1C(C)C. The fourth-order valence-electron chi connectivity index (χ4n) is 5.04. The number of hydrogen-bond donors (Lipinski definition) is 1. The van der Waals surface area contributed by atoms with E-state index in [-0.39, 0.29) is 21.9 Å². The molecule has 0 saturated heterocycles. The zero-order valence-corrected chi connectivity index (χ0v) is 25.9. The molecule has 0 unspecified atom stereocenters. The van der Waals surface area contributed by atoms with E-state index in [0.717, 1.165) is 35.0 Å². The summed E-state index contributed by atoms with van der Waals surface area (Å²) in [5.74, 6) is 7.67. The minimum atomic E-state index is -0.381. The lowest BCUT2D eigenvalue weighted by Gasteiger charge is -2.25. The molecular formula is C31H40N8O3. The van der Waals surface area contributed by atoms with E-state index >= 15 is 0 Å². The molecule has 0 fully saturated rings. The Morgan fingerprint density at radius 1 is 1.19 bits per heavy atom. The van der Waals surface area contributed by atoms with Crippen LogP contribution in [0.1, 0.15) is 57.5 Å². The van der Waals surface area contributed by atoms with E-state index in [1.54, 1.807) is 13.0 Å². The Kier molecular flexibility index (Phi) is 8.87. The van der Waals surface area contributed by atoms with Crippen molar-refractivity contribution in [1.82, 2.24) is 19.9 Å². The second-order valence-corrected chi connectivity index (χ2v) is 11.7. The molecule has 0 spiro atoms. The summed E-state index contributed by atoms with van der Waals surface area (Å²) in [6, 6.07) is 7.14. The van der Waals surface area contributed by atoms with Crippen LogP contribution < -0.4 is 19.9 Å². The van der Waals surface area contributed by atoms with Crippen LogP contribution in [0.4, 0.5) is 34.5 Å². The molecule has 1 aromatic carbocycles. The molecule has 0 saturated carbocycles. The molecule has 0 atom stereocenters. The quantitative estimate of drug-likeness (QED) is 0.191. The molecular weight excluding hydrogens is 532 g/mol. The fraction of sp³-hybridized carbons (Fsp3) is 0.452. The van der Waals surface area contributed by atoms with E-state index in [1.807, 2.05) is 49.3 Å². The fourth-order valence-corrected chi connectivity index (χ4v) is 5.04. The second-order valence-electron chi connectivity index (χ2n) is 11.7. The number of nitrogens with zero attached hydrogens (tertiary/aromatic N) is 7. The first-order valence-corrected chi connectivity index (χ1v) is 13.9. The van der Waals surface area contributed by atoms with Crippen LogP contribution in [0.5, 0.6) is 5.75 Å². The number of pyridine rings is 1. The van der Waals surface area contributed by atoms with Gasteiger partial charge in [-0.1, -0.05) is 33.6 Å². The van der Waals surface area contributed by atoms with Crippen LogP contribution in [0.25, 0.3) is 0 Å². The molecule has 222 valence electrons. The van der Waals surface area contributed by atoms with Crippen LogP contribution in [-0.2, 0) is 5.41 Å². The van der Waals surface area contributed by atoms with Crippen LogP contribution in [0.15, 0.2) is 30.5 Å². The first-order chi connectivity index (χ1) is 19.9. The zero-order chi connectivity index (χ0) is 30.8. The first kappa shape index (κ1) is 30.5. The summed E-state index contributed by atoms with van der Waals surface area (Å²) < 4.78 is 5.66. The predicted octanol–water partition coefficient (Wildman–Crippen LogP) is 5.45. The highest BCUT2D eigenvalue weighted by molar-refractivity contribution is 5.77. The third kappa shape index (κ3) is 6.24. The Morgan fingerprint density at radius 3 is 2.55 bits per heavy atom. The molecule has 4 rings (SSSR count). The molecule has 3 aromatic rings. The van der Waals surface area contributed by atoms with Gasteiger partial charge in [0.05, 0.1) is 29.1 Å². The second kappa shape index (κ2) is 12.2. The van der Waals surface area contributed by atoms with Gasteiger partial charge in [-0.05, 0) is 45.0 Å². The Morgan fingerprint density at radius 2 is 1.93 bits per heavy atom. The Bertz CT molecular complexity index is 1540. The topological polar surface area (TPSA) is 113 Å². The summed E-state index contributed by atoms with van der Waals surface area (Å²) in [6.07, 6.45) is 1.81. The summed E-state index contributed by atoms with van der Waals surface area (Å²) in [6.45, 7) is 12.4. The number of likely N-dealkylation sites (N-methyl/N-ethyl adjacent to an activating group) is 2. The van der Waals surface area contributed by atoms with Crippen molar-refractivity contribution < 1.29 is 9.66 Å². The van der Waals surface area contributed by atoms with E-state index in [4.69, 9.17) is 14.7 Å². The number of methoxy groups -OCH3 is 1. The molecule has 0 bridgehead atoms. The van der Waals surface area contributed by atoms with Gasteiger partial charge in [-0.25, -0.2) is 9.97 Å². The van der Waals surface area contributed by atoms with E-state index in [2.05, 4.69) is 54.7 Å². The highest BCUT2D eigenvalue weighted by Gasteiger charge is 2.39. The van der Waals surface area contributed by atoms with Crippen molar-refractivity contribution in [3.05, 3.63) is 57.5 Å². The molecule has 42 heavy (non-hydrogen) atoms. The van der Waals surface area contributed by atoms with Crippen molar-refractivity contribution in [2.45, 2.75) is 46.0 Å². The number of nitrogens with one attached hydrogen (secondary N) is 1. The number of nitro groups is 1. The van der Waals surface area contributed by atoms with Crippen LogP contribution in [0, 0.1) is 22.0 Å². The monoisotopic (exact) mass is 572 g/mol. The highest BCUT2D eigenvalue weighted by Crippen LogP contribution is 2.45. The smallest absolute Gasteiger partial charge is 0.294 e. The molecule has 11 nitrogen and oxygen atoms in total. The van der Waals surface area contributed by atoms with Crippen LogP contribution in [-0.4, -0.2) is 72.7 Å². The minimum absolute atomic E-state index is 0.0362. The molecule has 2 aromatic heterocycles. The van der Waals surface area contributed by atoms with Crippen LogP contribution in [0.3, 0.4) is 0 Å². The Hall–Kier alpha value is -4.43.